The number of anilines is 1. The highest BCUT2D eigenvalue weighted by Gasteiger charge is 2.28. The maximum atomic E-state index is 4.55. The molecule has 96 valence electrons. The molecular formula is C18H14N2. The minimum Gasteiger partial charge on any atom is -0.374 e. The molecule has 2 heteroatoms. The van der Waals surface area contributed by atoms with Crippen molar-refractivity contribution in [2.24, 2.45) is 0 Å². The molecule has 0 radical (unpaired) electrons. The molecule has 1 aliphatic rings. The van der Waals surface area contributed by atoms with Gasteiger partial charge in [0.05, 0.1) is 11.7 Å². The van der Waals surface area contributed by atoms with Crippen LogP contribution < -0.4 is 5.32 Å². The minimum atomic E-state index is 0.178. The number of rotatable bonds is 2. The van der Waals surface area contributed by atoms with Gasteiger partial charge in [0, 0.05) is 23.0 Å². The van der Waals surface area contributed by atoms with Gasteiger partial charge in [-0.2, -0.15) is 0 Å². The van der Waals surface area contributed by atoms with Crippen molar-refractivity contribution in [1.82, 2.24) is 4.98 Å². The summed E-state index contributed by atoms with van der Waals surface area (Å²) >= 11 is 0. The van der Waals surface area contributed by atoms with Gasteiger partial charge in [-0.3, -0.25) is 4.98 Å². The number of fused-ring (bicyclic) bond motifs is 3. The summed E-state index contributed by atoms with van der Waals surface area (Å²) in [7, 11) is 0. The van der Waals surface area contributed by atoms with Crippen molar-refractivity contribution in [3.8, 4) is 11.3 Å². The topological polar surface area (TPSA) is 24.9 Å². The summed E-state index contributed by atoms with van der Waals surface area (Å²) in [6.45, 7) is 0. The van der Waals surface area contributed by atoms with E-state index in [1.54, 1.807) is 0 Å². The van der Waals surface area contributed by atoms with Gasteiger partial charge in [-0.15, -0.1) is 0 Å². The van der Waals surface area contributed by atoms with Gasteiger partial charge in [-0.05, 0) is 23.8 Å². The van der Waals surface area contributed by atoms with Gasteiger partial charge < -0.3 is 5.32 Å². The average molecular weight is 258 g/mol. The predicted octanol–water partition coefficient (Wildman–Crippen LogP) is 4.26. The maximum Gasteiger partial charge on any atom is 0.0795 e. The largest absolute Gasteiger partial charge is 0.374 e. The first-order valence-corrected chi connectivity index (χ1v) is 6.79. The van der Waals surface area contributed by atoms with Gasteiger partial charge in [-0.1, -0.05) is 48.5 Å². The second kappa shape index (κ2) is 4.49. The number of nitrogens with zero attached hydrogens (tertiary/aromatic N) is 1. The quantitative estimate of drug-likeness (QED) is 0.742. The Labute approximate surface area is 118 Å². The van der Waals surface area contributed by atoms with Crippen LogP contribution in [0.25, 0.3) is 11.3 Å². The third-order valence-electron chi connectivity index (χ3n) is 3.76. The predicted molar refractivity (Wildman–Crippen MR) is 81.6 cm³/mol. The summed E-state index contributed by atoms with van der Waals surface area (Å²) in [5.41, 5.74) is 6.00. The average Bonchev–Trinajstić information content (AvgIpc) is 2.84. The van der Waals surface area contributed by atoms with Gasteiger partial charge in [0.2, 0.25) is 0 Å². The van der Waals surface area contributed by atoms with Crippen LogP contribution in [-0.4, -0.2) is 4.98 Å². The SMILES string of the molecule is c1ccc(NC2c3ccccc3-c3ncccc32)cc1. The van der Waals surface area contributed by atoms with E-state index in [1.807, 2.05) is 30.5 Å². The molecule has 0 saturated carbocycles. The van der Waals surface area contributed by atoms with Crippen LogP contribution in [0.2, 0.25) is 0 Å². The van der Waals surface area contributed by atoms with E-state index in [9.17, 15) is 0 Å². The van der Waals surface area contributed by atoms with Crippen LogP contribution in [0.4, 0.5) is 5.69 Å². The summed E-state index contributed by atoms with van der Waals surface area (Å²) in [6.07, 6.45) is 1.86. The highest BCUT2D eigenvalue weighted by atomic mass is 14.9. The summed E-state index contributed by atoms with van der Waals surface area (Å²) in [5, 5.41) is 3.61. The zero-order valence-electron chi connectivity index (χ0n) is 11.0. The standard InChI is InChI=1S/C18H14N2/c1-2-7-13(8-3-1)20-18-15-10-5-4-9-14(15)17-16(18)11-6-12-19-17/h1-12,18,20H. The molecule has 0 saturated heterocycles. The number of hydrogen-bond acceptors (Lipinski definition) is 2. The summed E-state index contributed by atoms with van der Waals surface area (Å²) < 4.78 is 0. The molecule has 0 amide bonds. The molecule has 1 unspecified atom stereocenters. The third kappa shape index (κ3) is 1.69. The lowest BCUT2D eigenvalue weighted by atomic mass is 10.1. The van der Waals surface area contributed by atoms with Crippen LogP contribution in [0.3, 0.4) is 0 Å². The summed E-state index contributed by atoms with van der Waals surface area (Å²) in [5.74, 6) is 0. The molecule has 2 aromatic carbocycles. The van der Waals surface area contributed by atoms with Crippen LogP contribution in [0.1, 0.15) is 17.2 Å². The Bertz CT molecular complexity index is 705. The highest BCUT2D eigenvalue weighted by molar-refractivity contribution is 5.77. The van der Waals surface area contributed by atoms with Gasteiger partial charge >= 0.3 is 0 Å². The van der Waals surface area contributed by atoms with Crippen LogP contribution in [0, 0.1) is 0 Å². The van der Waals surface area contributed by atoms with Crippen LogP contribution in [0.5, 0.6) is 0 Å². The monoisotopic (exact) mass is 258 g/mol. The highest BCUT2D eigenvalue weighted by Crippen LogP contribution is 2.43. The van der Waals surface area contributed by atoms with Gasteiger partial charge in [0.25, 0.3) is 0 Å². The number of pyridine rings is 1. The fourth-order valence-corrected chi connectivity index (χ4v) is 2.86. The van der Waals surface area contributed by atoms with Crippen molar-refractivity contribution < 1.29 is 0 Å². The lowest BCUT2D eigenvalue weighted by Gasteiger charge is -2.16. The first-order valence-electron chi connectivity index (χ1n) is 6.79. The molecule has 3 aromatic rings. The van der Waals surface area contributed by atoms with Crippen LogP contribution >= 0.6 is 0 Å². The zero-order chi connectivity index (χ0) is 13.4. The number of nitrogens with one attached hydrogen (secondary N) is 1. The Balaban J connectivity index is 1.83. The fraction of sp³-hybridized carbons (Fsp3) is 0.0556. The van der Waals surface area contributed by atoms with Crippen molar-refractivity contribution in [3.05, 3.63) is 84.1 Å². The van der Waals surface area contributed by atoms with Crippen molar-refractivity contribution in [1.29, 1.82) is 0 Å². The van der Waals surface area contributed by atoms with Crippen LogP contribution in [-0.2, 0) is 0 Å². The van der Waals surface area contributed by atoms with Gasteiger partial charge in [-0.25, -0.2) is 0 Å². The molecule has 0 bridgehead atoms. The van der Waals surface area contributed by atoms with E-state index >= 15 is 0 Å². The Morgan fingerprint density at radius 1 is 0.750 bits per heavy atom. The van der Waals surface area contributed by atoms with E-state index in [0.717, 1.165) is 11.4 Å². The molecule has 1 atom stereocenters. The zero-order valence-corrected chi connectivity index (χ0v) is 11.0. The number of aromatic nitrogens is 1. The normalized spacial score (nSPS) is 15.5. The van der Waals surface area contributed by atoms with E-state index < -0.39 is 0 Å². The summed E-state index contributed by atoms with van der Waals surface area (Å²) in [6, 6.07) is 23.1. The molecule has 1 N–H and O–H groups in total. The molecular weight excluding hydrogens is 244 g/mol. The molecule has 1 aliphatic carbocycles. The molecule has 1 heterocycles. The van der Waals surface area contributed by atoms with Crippen molar-refractivity contribution in [3.63, 3.8) is 0 Å². The first kappa shape index (κ1) is 11.2. The molecule has 20 heavy (non-hydrogen) atoms. The number of hydrogen-bond donors (Lipinski definition) is 1. The first-order chi connectivity index (χ1) is 9.93. The number of para-hydroxylation sites is 1. The lowest BCUT2D eigenvalue weighted by Crippen LogP contribution is -2.09. The van der Waals surface area contributed by atoms with E-state index in [-0.39, 0.29) is 6.04 Å². The second-order valence-electron chi connectivity index (χ2n) is 4.97. The van der Waals surface area contributed by atoms with E-state index in [0.29, 0.717) is 0 Å². The summed E-state index contributed by atoms with van der Waals surface area (Å²) in [4.78, 5) is 4.55. The molecule has 0 spiro atoms. The molecule has 2 nitrogen and oxygen atoms in total. The lowest BCUT2D eigenvalue weighted by molar-refractivity contribution is 0.969. The molecule has 0 aliphatic heterocycles. The Morgan fingerprint density at radius 2 is 1.50 bits per heavy atom. The Hall–Kier alpha value is -2.61. The van der Waals surface area contributed by atoms with Gasteiger partial charge in [0.1, 0.15) is 0 Å². The minimum absolute atomic E-state index is 0.178. The molecule has 4 rings (SSSR count). The smallest absolute Gasteiger partial charge is 0.0795 e. The van der Waals surface area contributed by atoms with Crippen molar-refractivity contribution in [2.75, 3.05) is 5.32 Å². The number of benzene rings is 2. The van der Waals surface area contributed by atoms with Crippen LogP contribution in [0.15, 0.2) is 72.9 Å². The maximum absolute atomic E-state index is 4.55. The van der Waals surface area contributed by atoms with Crippen molar-refractivity contribution >= 4 is 5.69 Å². The third-order valence-corrected chi connectivity index (χ3v) is 3.76. The van der Waals surface area contributed by atoms with E-state index in [4.69, 9.17) is 0 Å². The van der Waals surface area contributed by atoms with Gasteiger partial charge in [0.15, 0.2) is 0 Å². The van der Waals surface area contributed by atoms with Crippen molar-refractivity contribution in [2.45, 2.75) is 6.04 Å². The van der Waals surface area contributed by atoms with E-state index in [1.165, 1.54) is 16.7 Å². The Morgan fingerprint density at radius 3 is 2.40 bits per heavy atom. The van der Waals surface area contributed by atoms with E-state index in [2.05, 4.69) is 52.8 Å². The second-order valence-corrected chi connectivity index (χ2v) is 4.97. The Kier molecular flexibility index (Phi) is 2.52. The molecule has 0 fully saturated rings. The molecule has 1 aromatic heterocycles. The fourth-order valence-electron chi connectivity index (χ4n) is 2.86.